The van der Waals surface area contributed by atoms with Crippen LogP contribution in [-0.4, -0.2) is 39.0 Å². The van der Waals surface area contributed by atoms with Gasteiger partial charge >= 0.3 is 6.03 Å². The molecule has 0 radical (unpaired) electrons. The first kappa shape index (κ1) is 17.0. The number of aliphatic hydroxyl groups excluding tert-OH is 1. The van der Waals surface area contributed by atoms with E-state index >= 15 is 0 Å². The monoisotopic (exact) mass is 316 g/mol. The Bertz CT molecular complexity index is 636. The topological polar surface area (TPSA) is 70.4 Å². The molecule has 0 saturated carbocycles. The molecule has 124 valence electrons. The lowest BCUT2D eigenvalue weighted by molar-refractivity contribution is 0.171. The third-order valence-corrected chi connectivity index (χ3v) is 3.72. The predicted molar refractivity (Wildman–Crippen MR) is 88.8 cm³/mol. The molecule has 0 bridgehead atoms. The molecular weight excluding hydrogens is 292 g/mol. The quantitative estimate of drug-likeness (QED) is 0.856. The molecule has 6 nitrogen and oxygen atoms in total. The number of hydrogen-bond donors (Lipinski definition) is 2. The second kappa shape index (κ2) is 7.78. The third kappa shape index (κ3) is 4.82. The maximum absolute atomic E-state index is 12.5. The minimum Gasteiger partial charge on any atom is -0.395 e. The van der Waals surface area contributed by atoms with Gasteiger partial charge in [-0.1, -0.05) is 29.8 Å². The van der Waals surface area contributed by atoms with E-state index in [1.165, 1.54) is 5.56 Å². The number of carbonyl (C=O) groups excluding carboxylic acids is 1. The molecule has 0 saturated heterocycles. The molecule has 0 aliphatic carbocycles. The summed E-state index contributed by atoms with van der Waals surface area (Å²) in [6, 6.07) is 7.69. The van der Waals surface area contributed by atoms with Crippen molar-refractivity contribution in [3.05, 3.63) is 53.3 Å². The van der Waals surface area contributed by atoms with E-state index in [9.17, 15) is 9.90 Å². The Morgan fingerprint density at radius 1 is 1.39 bits per heavy atom. The fourth-order valence-electron chi connectivity index (χ4n) is 2.31. The van der Waals surface area contributed by atoms with Crippen molar-refractivity contribution in [2.75, 3.05) is 13.2 Å². The summed E-state index contributed by atoms with van der Waals surface area (Å²) in [4.78, 5) is 14.1. The van der Waals surface area contributed by atoms with Gasteiger partial charge in [-0.15, -0.1) is 0 Å². The normalized spacial score (nSPS) is 12.0. The van der Waals surface area contributed by atoms with Crippen LogP contribution < -0.4 is 5.32 Å². The average molecular weight is 316 g/mol. The van der Waals surface area contributed by atoms with E-state index in [2.05, 4.69) is 10.4 Å². The molecule has 23 heavy (non-hydrogen) atoms. The lowest BCUT2D eigenvalue weighted by Crippen LogP contribution is -2.42. The fourth-order valence-corrected chi connectivity index (χ4v) is 2.31. The van der Waals surface area contributed by atoms with Crippen molar-refractivity contribution in [3.8, 4) is 0 Å². The molecule has 1 aromatic carbocycles. The minimum atomic E-state index is -0.198. The SMILES string of the molecule is Cc1ccc(CN(CCO)C(=O)N[C@@H](C)c2cnn(C)c2)cc1. The number of amides is 2. The number of hydrogen-bond acceptors (Lipinski definition) is 3. The van der Waals surface area contributed by atoms with Crippen molar-refractivity contribution in [1.29, 1.82) is 0 Å². The molecule has 0 aliphatic heterocycles. The number of nitrogens with zero attached hydrogens (tertiary/aromatic N) is 3. The van der Waals surface area contributed by atoms with Gasteiger partial charge in [0, 0.05) is 31.9 Å². The molecule has 6 heteroatoms. The summed E-state index contributed by atoms with van der Waals surface area (Å²) < 4.78 is 1.70. The van der Waals surface area contributed by atoms with Gasteiger partial charge in [0.2, 0.25) is 0 Å². The molecular formula is C17H24N4O2. The number of benzene rings is 1. The summed E-state index contributed by atoms with van der Waals surface area (Å²) in [6.07, 6.45) is 3.61. The van der Waals surface area contributed by atoms with Crippen molar-refractivity contribution >= 4 is 6.03 Å². The van der Waals surface area contributed by atoms with E-state index in [-0.39, 0.29) is 18.7 Å². The van der Waals surface area contributed by atoms with Gasteiger partial charge in [-0.25, -0.2) is 4.79 Å². The Labute approximate surface area is 136 Å². The van der Waals surface area contributed by atoms with Crippen LogP contribution in [0.2, 0.25) is 0 Å². The molecule has 1 atom stereocenters. The zero-order chi connectivity index (χ0) is 16.8. The lowest BCUT2D eigenvalue weighted by atomic mass is 10.1. The summed E-state index contributed by atoms with van der Waals surface area (Å²) in [6.45, 7) is 4.63. The zero-order valence-electron chi connectivity index (χ0n) is 13.9. The first-order valence-corrected chi connectivity index (χ1v) is 7.70. The van der Waals surface area contributed by atoms with Crippen LogP contribution in [-0.2, 0) is 13.6 Å². The van der Waals surface area contributed by atoms with Gasteiger partial charge in [0.15, 0.2) is 0 Å². The second-order valence-electron chi connectivity index (χ2n) is 5.75. The maximum atomic E-state index is 12.5. The number of aryl methyl sites for hydroxylation is 2. The number of nitrogens with one attached hydrogen (secondary N) is 1. The minimum absolute atomic E-state index is 0.0689. The number of aliphatic hydroxyl groups is 1. The lowest BCUT2D eigenvalue weighted by Gasteiger charge is -2.24. The summed E-state index contributed by atoms with van der Waals surface area (Å²) in [5.41, 5.74) is 3.16. The summed E-state index contributed by atoms with van der Waals surface area (Å²) in [5, 5.41) is 16.3. The van der Waals surface area contributed by atoms with E-state index in [0.29, 0.717) is 13.1 Å². The highest BCUT2D eigenvalue weighted by molar-refractivity contribution is 5.74. The van der Waals surface area contributed by atoms with Gasteiger partial charge in [0.25, 0.3) is 0 Å². The zero-order valence-corrected chi connectivity index (χ0v) is 13.9. The van der Waals surface area contributed by atoms with Gasteiger partial charge in [-0.3, -0.25) is 4.68 Å². The fraction of sp³-hybridized carbons (Fsp3) is 0.412. The van der Waals surface area contributed by atoms with Gasteiger partial charge in [-0.05, 0) is 19.4 Å². The predicted octanol–water partition coefficient (Wildman–Crippen LogP) is 1.99. The highest BCUT2D eigenvalue weighted by Gasteiger charge is 2.17. The molecule has 0 spiro atoms. The van der Waals surface area contributed by atoms with Gasteiger partial charge in [-0.2, -0.15) is 5.10 Å². The summed E-state index contributed by atoms with van der Waals surface area (Å²) in [7, 11) is 1.84. The number of urea groups is 1. The first-order chi connectivity index (χ1) is 11.0. The number of carbonyl (C=O) groups is 1. The van der Waals surface area contributed by atoms with E-state index < -0.39 is 0 Å². The van der Waals surface area contributed by atoms with Crippen LogP contribution in [0.5, 0.6) is 0 Å². The molecule has 2 N–H and O–H groups in total. The highest BCUT2D eigenvalue weighted by Crippen LogP contribution is 2.12. The van der Waals surface area contributed by atoms with Crippen molar-refractivity contribution in [2.24, 2.45) is 7.05 Å². The van der Waals surface area contributed by atoms with Crippen LogP contribution in [0.4, 0.5) is 4.79 Å². The van der Waals surface area contributed by atoms with Crippen molar-refractivity contribution in [3.63, 3.8) is 0 Å². The van der Waals surface area contributed by atoms with E-state index in [4.69, 9.17) is 0 Å². The van der Waals surface area contributed by atoms with Crippen LogP contribution >= 0.6 is 0 Å². The summed E-state index contributed by atoms with van der Waals surface area (Å²) in [5.74, 6) is 0. The van der Waals surface area contributed by atoms with Crippen molar-refractivity contribution in [1.82, 2.24) is 20.0 Å². The van der Waals surface area contributed by atoms with Crippen LogP contribution in [0.1, 0.15) is 29.7 Å². The molecule has 1 aromatic heterocycles. The van der Waals surface area contributed by atoms with Crippen LogP contribution in [0.25, 0.3) is 0 Å². The highest BCUT2D eigenvalue weighted by atomic mass is 16.3. The third-order valence-electron chi connectivity index (χ3n) is 3.72. The molecule has 2 amide bonds. The Hall–Kier alpha value is -2.34. The molecule has 0 unspecified atom stereocenters. The Morgan fingerprint density at radius 2 is 2.09 bits per heavy atom. The van der Waals surface area contributed by atoms with Crippen LogP contribution in [0.3, 0.4) is 0 Å². The molecule has 0 aliphatic rings. The van der Waals surface area contributed by atoms with Gasteiger partial charge < -0.3 is 15.3 Å². The molecule has 2 aromatic rings. The molecule has 2 rings (SSSR count). The Kier molecular flexibility index (Phi) is 5.76. The van der Waals surface area contributed by atoms with Crippen LogP contribution in [0, 0.1) is 6.92 Å². The largest absolute Gasteiger partial charge is 0.395 e. The van der Waals surface area contributed by atoms with Gasteiger partial charge in [0.1, 0.15) is 0 Å². The van der Waals surface area contributed by atoms with Crippen molar-refractivity contribution < 1.29 is 9.90 Å². The second-order valence-corrected chi connectivity index (χ2v) is 5.75. The van der Waals surface area contributed by atoms with E-state index in [1.54, 1.807) is 15.8 Å². The van der Waals surface area contributed by atoms with E-state index in [0.717, 1.165) is 11.1 Å². The molecule has 1 heterocycles. The molecule has 0 fully saturated rings. The van der Waals surface area contributed by atoms with Gasteiger partial charge in [0.05, 0.1) is 18.8 Å². The number of aromatic nitrogens is 2. The first-order valence-electron chi connectivity index (χ1n) is 7.70. The van der Waals surface area contributed by atoms with E-state index in [1.807, 2.05) is 51.4 Å². The van der Waals surface area contributed by atoms with Crippen LogP contribution in [0.15, 0.2) is 36.7 Å². The Balaban J connectivity index is 2.01. The van der Waals surface area contributed by atoms with Crippen molar-refractivity contribution in [2.45, 2.75) is 26.4 Å². The smallest absolute Gasteiger partial charge is 0.318 e. The Morgan fingerprint density at radius 3 is 2.65 bits per heavy atom. The average Bonchev–Trinajstić information content (AvgIpc) is 2.95. The number of rotatable bonds is 6. The standard InChI is InChI=1S/C17H24N4O2/c1-13-4-6-15(7-5-13)11-21(8-9-22)17(23)19-14(2)16-10-18-20(3)12-16/h4-7,10,12,14,22H,8-9,11H2,1-3H3,(H,19,23)/t14-/m0/s1. The summed E-state index contributed by atoms with van der Waals surface area (Å²) >= 11 is 0. The maximum Gasteiger partial charge on any atom is 0.318 e.